The van der Waals surface area contributed by atoms with Crippen LogP contribution in [0.15, 0.2) is 48.5 Å². The Kier molecular flexibility index (Phi) is 5.84. The van der Waals surface area contributed by atoms with Crippen LogP contribution in [0.2, 0.25) is 5.02 Å². The fraction of sp³-hybridized carbons (Fsp3) is 0.278. The summed E-state index contributed by atoms with van der Waals surface area (Å²) in [5.74, 6) is 0.443. The minimum atomic E-state index is -0.146. The molecule has 22 heavy (non-hydrogen) atoms. The summed E-state index contributed by atoms with van der Waals surface area (Å²) >= 11 is 5.88. The van der Waals surface area contributed by atoms with Crippen LogP contribution in [-0.2, 0) is 4.79 Å². The van der Waals surface area contributed by atoms with Gasteiger partial charge in [0.25, 0.3) is 5.91 Å². The van der Waals surface area contributed by atoms with Crippen LogP contribution in [0.25, 0.3) is 0 Å². The minimum Gasteiger partial charge on any atom is -0.484 e. The van der Waals surface area contributed by atoms with Gasteiger partial charge in [-0.1, -0.05) is 54.4 Å². The van der Waals surface area contributed by atoms with Gasteiger partial charge in [0.2, 0.25) is 0 Å². The number of amides is 1. The molecule has 0 bridgehead atoms. The number of hydrogen-bond donors (Lipinski definition) is 1. The van der Waals surface area contributed by atoms with Crippen molar-refractivity contribution in [1.29, 1.82) is 0 Å². The first-order chi connectivity index (χ1) is 10.6. The molecule has 0 aliphatic rings. The Bertz CT molecular complexity index is 625. The van der Waals surface area contributed by atoms with Crippen LogP contribution in [-0.4, -0.2) is 12.5 Å². The van der Waals surface area contributed by atoms with E-state index in [1.54, 1.807) is 24.3 Å². The highest BCUT2D eigenvalue weighted by Crippen LogP contribution is 2.18. The molecule has 0 spiro atoms. The van der Waals surface area contributed by atoms with E-state index in [0.717, 1.165) is 12.0 Å². The van der Waals surface area contributed by atoms with Crippen LogP contribution in [0.1, 0.15) is 30.5 Å². The lowest BCUT2D eigenvalue weighted by Crippen LogP contribution is -2.32. The van der Waals surface area contributed by atoms with Gasteiger partial charge < -0.3 is 10.1 Å². The van der Waals surface area contributed by atoms with Gasteiger partial charge >= 0.3 is 0 Å². The minimum absolute atomic E-state index is 0.00365. The molecule has 0 fully saturated rings. The number of ether oxygens (including phenoxy) is 1. The Morgan fingerprint density at radius 1 is 1.23 bits per heavy atom. The van der Waals surface area contributed by atoms with Crippen molar-refractivity contribution in [3.8, 4) is 5.75 Å². The lowest BCUT2D eigenvalue weighted by atomic mass is 10.0. The van der Waals surface area contributed by atoms with Gasteiger partial charge in [0.15, 0.2) is 6.61 Å². The first kappa shape index (κ1) is 16.4. The van der Waals surface area contributed by atoms with Crippen LogP contribution in [0.5, 0.6) is 5.75 Å². The fourth-order valence-electron chi connectivity index (χ4n) is 2.16. The van der Waals surface area contributed by atoms with E-state index in [1.807, 2.05) is 38.1 Å². The molecule has 2 aromatic carbocycles. The SMILES string of the molecule is CC[C@H](NC(=O)COc1cccc(Cl)c1)c1ccc(C)cc1. The van der Waals surface area contributed by atoms with Crippen LogP contribution in [0.3, 0.4) is 0 Å². The number of benzene rings is 2. The van der Waals surface area contributed by atoms with E-state index >= 15 is 0 Å². The van der Waals surface area contributed by atoms with Gasteiger partial charge in [-0.25, -0.2) is 0 Å². The van der Waals surface area contributed by atoms with Crippen molar-refractivity contribution in [2.24, 2.45) is 0 Å². The smallest absolute Gasteiger partial charge is 0.258 e. The normalized spacial score (nSPS) is 11.8. The van der Waals surface area contributed by atoms with Crippen LogP contribution in [0.4, 0.5) is 0 Å². The second-order valence-electron chi connectivity index (χ2n) is 5.19. The van der Waals surface area contributed by atoms with Crippen molar-refractivity contribution in [1.82, 2.24) is 5.32 Å². The maximum atomic E-state index is 12.0. The molecule has 0 radical (unpaired) electrons. The first-order valence-corrected chi connectivity index (χ1v) is 7.70. The topological polar surface area (TPSA) is 38.3 Å². The third kappa shape index (κ3) is 4.78. The van der Waals surface area contributed by atoms with Crippen molar-refractivity contribution in [2.45, 2.75) is 26.3 Å². The van der Waals surface area contributed by atoms with E-state index in [-0.39, 0.29) is 18.6 Å². The van der Waals surface area contributed by atoms with Gasteiger partial charge in [0, 0.05) is 5.02 Å². The van der Waals surface area contributed by atoms with Crippen molar-refractivity contribution in [3.05, 3.63) is 64.7 Å². The van der Waals surface area contributed by atoms with E-state index in [1.165, 1.54) is 5.56 Å². The number of hydrogen-bond acceptors (Lipinski definition) is 2. The van der Waals surface area contributed by atoms with E-state index in [9.17, 15) is 4.79 Å². The van der Waals surface area contributed by atoms with Crippen LogP contribution in [0, 0.1) is 6.92 Å². The van der Waals surface area contributed by atoms with Gasteiger partial charge in [0.1, 0.15) is 5.75 Å². The van der Waals surface area contributed by atoms with E-state index in [2.05, 4.69) is 5.32 Å². The summed E-state index contributed by atoms with van der Waals surface area (Å²) in [6.45, 7) is 4.06. The fourth-order valence-corrected chi connectivity index (χ4v) is 2.34. The largest absolute Gasteiger partial charge is 0.484 e. The van der Waals surface area contributed by atoms with Gasteiger partial charge in [-0.05, 0) is 37.1 Å². The third-order valence-corrected chi connectivity index (χ3v) is 3.62. The molecule has 0 saturated heterocycles. The van der Waals surface area contributed by atoms with Crippen molar-refractivity contribution in [3.63, 3.8) is 0 Å². The summed E-state index contributed by atoms with van der Waals surface area (Å²) in [7, 11) is 0. The predicted octanol–water partition coefficient (Wildman–Crippen LogP) is 4.29. The number of halogens is 1. The Balaban J connectivity index is 1.90. The summed E-state index contributed by atoms with van der Waals surface area (Å²) in [6.07, 6.45) is 0.825. The maximum Gasteiger partial charge on any atom is 0.258 e. The summed E-state index contributed by atoms with van der Waals surface area (Å²) in [5, 5.41) is 3.58. The van der Waals surface area contributed by atoms with E-state index < -0.39 is 0 Å². The third-order valence-electron chi connectivity index (χ3n) is 3.39. The molecule has 0 aliphatic carbocycles. The molecule has 1 atom stereocenters. The second-order valence-corrected chi connectivity index (χ2v) is 5.62. The van der Waals surface area contributed by atoms with E-state index in [4.69, 9.17) is 16.3 Å². The van der Waals surface area contributed by atoms with Crippen LogP contribution >= 0.6 is 11.6 Å². The lowest BCUT2D eigenvalue weighted by Gasteiger charge is -2.18. The highest BCUT2D eigenvalue weighted by Gasteiger charge is 2.13. The van der Waals surface area contributed by atoms with E-state index in [0.29, 0.717) is 10.8 Å². The number of aryl methyl sites for hydroxylation is 1. The van der Waals surface area contributed by atoms with Gasteiger partial charge in [-0.2, -0.15) is 0 Å². The highest BCUT2D eigenvalue weighted by atomic mass is 35.5. The van der Waals surface area contributed by atoms with Crippen molar-refractivity contribution >= 4 is 17.5 Å². The number of carbonyl (C=O) groups excluding carboxylic acids is 1. The summed E-state index contributed by atoms with van der Waals surface area (Å²) in [6, 6.07) is 15.2. The van der Waals surface area contributed by atoms with Gasteiger partial charge in [0.05, 0.1) is 6.04 Å². The maximum absolute atomic E-state index is 12.0. The average molecular weight is 318 g/mol. The summed E-state index contributed by atoms with van der Waals surface area (Å²) < 4.78 is 5.45. The molecule has 3 nitrogen and oxygen atoms in total. The average Bonchev–Trinajstić information content (AvgIpc) is 2.52. The zero-order chi connectivity index (χ0) is 15.9. The molecule has 1 N–H and O–H groups in total. The molecule has 0 unspecified atom stereocenters. The number of carbonyl (C=O) groups is 1. The molecule has 116 valence electrons. The quantitative estimate of drug-likeness (QED) is 0.863. The molecule has 0 saturated carbocycles. The molecule has 0 aromatic heterocycles. The monoisotopic (exact) mass is 317 g/mol. The Morgan fingerprint density at radius 3 is 2.59 bits per heavy atom. The van der Waals surface area contributed by atoms with Gasteiger partial charge in [-0.15, -0.1) is 0 Å². The number of nitrogens with one attached hydrogen (secondary N) is 1. The molecule has 4 heteroatoms. The molecule has 0 aliphatic heterocycles. The highest BCUT2D eigenvalue weighted by molar-refractivity contribution is 6.30. The first-order valence-electron chi connectivity index (χ1n) is 7.32. The van der Waals surface area contributed by atoms with Crippen molar-refractivity contribution in [2.75, 3.05) is 6.61 Å². The second kappa shape index (κ2) is 7.85. The molecule has 0 heterocycles. The van der Waals surface area contributed by atoms with Crippen molar-refractivity contribution < 1.29 is 9.53 Å². The predicted molar refractivity (Wildman–Crippen MR) is 89.3 cm³/mol. The lowest BCUT2D eigenvalue weighted by molar-refractivity contribution is -0.123. The molecule has 2 rings (SSSR count). The Labute approximate surface area is 136 Å². The summed E-state index contributed by atoms with van der Waals surface area (Å²) in [4.78, 5) is 12.0. The molecular formula is C18H20ClNO2. The molecule has 2 aromatic rings. The summed E-state index contributed by atoms with van der Waals surface area (Å²) in [5.41, 5.74) is 2.30. The molecule has 1 amide bonds. The Morgan fingerprint density at radius 2 is 1.95 bits per heavy atom. The Hall–Kier alpha value is -2.00. The van der Waals surface area contributed by atoms with Gasteiger partial charge in [-0.3, -0.25) is 4.79 Å². The zero-order valence-corrected chi connectivity index (χ0v) is 13.6. The number of rotatable bonds is 6. The zero-order valence-electron chi connectivity index (χ0n) is 12.8. The molecular weight excluding hydrogens is 298 g/mol. The van der Waals surface area contributed by atoms with Crippen LogP contribution < -0.4 is 10.1 Å². The standard InChI is InChI=1S/C18H20ClNO2/c1-3-17(14-9-7-13(2)8-10-14)20-18(21)12-22-16-6-4-5-15(19)11-16/h4-11,17H,3,12H2,1-2H3,(H,20,21)/t17-/m0/s1.